The molecule has 1 saturated heterocycles. The van der Waals surface area contributed by atoms with Crippen molar-refractivity contribution in [3.8, 4) is 6.07 Å². The van der Waals surface area contributed by atoms with E-state index in [4.69, 9.17) is 16.1 Å². The third-order valence-electron chi connectivity index (χ3n) is 4.22. The highest BCUT2D eigenvalue weighted by Gasteiger charge is 2.38. The fraction of sp³-hybridized carbons (Fsp3) is 0.500. The number of amides is 1. The lowest BCUT2D eigenvalue weighted by molar-refractivity contribution is 0.190. The highest BCUT2D eigenvalue weighted by Crippen LogP contribution is 2.42. The van der Waals surface area contributed by atoms with Gasteiger partial charge in [-0.2, -0.15) is 5.26 Å². The summed E-state index contributed by atoms with van der Waals surface area (Å²) in [5, 5.41) is 10.3. The van der Waals surface area contributed by atoms with Gasteiger partial charge >= 0.3 is 0 Å². The van der Waals surface area contributed by atoms with Gasteiger partial charge in [-0.3, -0.25) is 4.79 Å². The van der Waals surface area contributed by atoms with Crippen LogP contribution in [-0.4, -0.2) is 36.9 Å². The molecular formula is C16H20ClN2O2P. The first-order valence-electron chi connectivity index (χ1n) is 7.34. The van der Waals surface area contributed by atoms with Crippen molar-refractivity contribution in [3.05, 3.63) is 34.9 Å². The molecule has 0 N–H and O–H groups in total. The molecular weight excluding hydrogens is 319 g/mol. The van der Waals surface area contributed by atoms with Gasteiger partial charge in [-0.25, -0.2) is 0 Å². The quantitative estimate of drug-likeness (QED) is 0.765. The molecule has 22 heavy (non-hydrogen) atoms. The lowest BCUT2D eigenvalue weighted by Gasteiger charge is -2.38. The summed E-state index contributed by atoms with van der Waals surface area (Å²) >= 11 is 5.92. The highest BCUT2D eigenvalue weighted by molar-refractivity contribution is 7.70. The molecule has 1 amide bonds. The topological polar surface area (TPSA) is 53.3 Å². The predicted octanol–water partition coefficient (Wildman–Crippen LogP) is 4.38. The van der Waals surface area contributed by atoms with E-state index in [1.54, 1.807) is 7.11 Å². The van der Waals surface area contributed by atoms with E-state index in [9.17, 15) is 10.1 Å². The molecule has 1 aliphatic heterocycles. The Hall–Kier alpha value is -1.14. The van der Waals surface area contributed by atoms with E-state index < -0.39 is 13.6 Å². The second-order valence-corrected chi connectivity index (χ2v) is 7.92. The molecule has 118 valence electrons. The van der Waals surface area contributed by atoms with Crippen LogP contribution >= 0.6 is 19.7 Å². The molecule has 6 heteroatoms. The van der Waals surface area contributed by atoms with Crippen LogP contribution in [0.15, 0.2) is 24.3 Å². The first kappa shape index (κ1) is 17.2. The summed E-state index contributed by atoms with van der Waals surface area (Å²) in [4.78, 5) is 14.2. The van der Waals surface area contributed by atoms with Crippen LogP contribution in [0.4, 0.5) is 4.79 Å². The van der Waals surface area contributed by atoms with Gasteiger partial charge < -0.3 is 9.42 Å². The van der Waals surface area contributed by atoms with Gasteiger partial charge in [0, 0.05) is 25.2 Å². The number of nitriles is 1. The molecule has 0 bridgehead atoms. The molecule has 0 saturated carbocycles. The van der Waals surface area contributed by atoms with Gasteiger partial charge in [0.15, 0.2) is 0 Å². The van der Waals surface area contributed by atoms with E-state index >= 15 is 0 Å². The summed E-state index contributed by atoms with van der Waals surface area (Å²) in [6, 6.07) is 9.92. The maximum Gasteiger partial charge on any atom is 0.271 e. The van der Waals surface area contributed by atoms with Gasteiger partial charge in [-0.05, 0) is 36.7 Å². The van der Waals surface area contributed by atoms with Gasteiger partial charge in [0.2, 0.25) is 0 Å². The SMILES string of the molecule is CCP(OC)C(=O)N1CCC(C#N)(c2ccc(Cl)cc2)CC1. The highest BCUT2D eigenvalue weighted by atomic mass is 35.5. The van der Waals surface area contributed by atoms with Crippen molar-refractivity contribution in [1.29, 1.82) is 5.26 Å². The second kappa shape index (κ2) is 7.42. The number of benzene rings is 1. The molecule has 4 nitrogen and oxygen atoms in total. The molecule has 1 fully saturated rings. The number of nitrogens with zero attached hydrogens (tertiary/aromatic N) is 2. The third-order valence-corrected chi connectivity index (χ3v) is 6.20. The van der Waals surface area contributed by atoms with E-state index in [0.717, 1.165) is 11.7 Å². The largest absolute Gasteiger partial charge is 0.353 e. The first-order chi connectivity index (χ1) is 10.6. The van der Waals surface area contributed by atoms with Crippen molar-refractivity contribution in [3.63, 3.8) is 0 Å². The van der Waals surface area contributed by atoms with E-state index in [1.807, 2.05) is 36.1 Å². The number of rotatable bonds is 4. The van der Waals surface area contributed by atoms with Crippen LogP contribution in [-0.2, 0) is 9.94 Å². The van der Waals surface area contributed by atoms with Crippen LogP contribution < -0.4 is 0 Å². The molecule has 1 aromatic carbocycles. The van der Waals surface area contributed by atoms with E-state index in [1.165, 1.54) is 0 Å². The lowest BCUT2D eigenvalue weighted by atomic mass is 9.74. The van der Waals surface area contributed by atoms with E-state index in [2.05, 4.69) is 6.07 Å². The van der Waals surface area contributed by atoms with Crippen molar-refractivity contribution in [2.24, 2.45) is 0 Å². The molecule has 1 unspecified atom stereocenters. The number of carbonyl (C=O) groups is 1. The number of hydrogen-bond donors (Lipinski definition) is 0. The van der Waals surface area contributed by atoms with Gasteiger partial charge in [-0.15, -0.1) is 0 Å². The fourth-order valence-electron chi connectivity index (χ4n) is 2.81. The van der Waals surface area contributed by atoms with Crippen molar-refractivity contribution in [2.75, 3.05) is 26.4 Å². The first-order valence-corrected chi connectivity index (χ1v) is 9.16. The van der Waals surface area contributed by atoms with Crippen LogP contribution in [0.5, 0.6) is 0 Å². The summed E-state index contributed by atoms with van der Waals surface area (Å²) in [6.45, 7) is 3.15. The zero-order valence-electron chi connectivity index (χ0n) is 12.9. The van der Waals surface area contributed by atoms with Crippen molar-refractivity contribution < 1.29 is 9.32 Å². The van der Waals surface area contributed by atoms with Gasteiger partial charge in [-0.1, -0.05) is 30.7 Å². The van der Waals surface area contributed by atoms with Crippen LogP contribution in [0, 0.1) is 11.3 Å². The molecule has 1 aromatic rings. The maximum absolute atomic E-state index is 12.4. The Labute approximate surface area is 137 Å². The summed E-state index contributed by atoms with van der Waals surface area (Å²) in [5.41, 5.74) is 0.544. The molecule has 0 spiro atoms. The standard InChI is InChI=1S/C16H20ClN2O2P/c1-3-22(21-2)15(20)19-10-8-16(12-18,9-11-19)13-4-6-14(17)7-5-13/h4-7H,3,8-11H2,1-2H3. The second-order valence-electron chi connectivity index (χ2n) is 5.35. The molecule has 1 atom stereocenters. The Bertz CT molecular complexity index is 559. The van der Waals surface area contributed by atoms with Gasteiger partial charge in [0.25, 0.3) is 5.65 Å². The number of piperidine rings is 1. The Kier molecular flexibility index (Phi) is 5.81. The maximum atomic E-state index is 12.4. The van der Waals surface area contributed by atoms with Crippen molar-refractivity contribution in [1.82, 2.24) is 4.90 Å². The predicted molar refractivity (Wildman–Crippen MR) is 89.4 cm³/mol. The number of carbonyl (C=O) groups excluding carboxylic acids is 1. The summed E-state index contributed by atoms with van der Waals surface area (Å²) in [7, 11) is 0.540. The normalized spacial score (nSPS) is 18.5. The Morgan fingerprint density at radius 2 is 2.00 bits per heavy atom. The Morgan fingerprint density at radius 3 is 2.45 bits per heavy atom. The molecule has 0 radical (unpaired) electrons. The van der Waals surface area contributed by atoms with Crippen molar-refractivity contribution in [2.45, 2.75) is 25.2 Å². The monoisotopic (exact) mass is 338 g/mol. The zero-order valence-corrected chi connectivity index (χ0v) is 14.5. The molecule has 2 rings (SSSR count). The van der Waals surface area contributed by atoms with Crippen molar-refractivity contribution >= 4 is 25.4 Å². The average molecular weight is 339 g/mol. The molecule has 1 aliphatic rings. The fourth-order valence-corrected chi connectivity index (χ4v) is 4.14. The van der Waals surface area contributed by atoms with Crippen LogP contribution in [0.25, 0.3) is 0 Å². The van der Waals surface area contributed by atoms with E-state index in [-0.39, 0.29) is 5.65 Å². The average Bonchev–Trinajstić information content (AvgIpc) is 2.56. The van der Waals surface area contributed by atoms with E-state index in [0.29, 0.717) is 31.0 Å². The molecule has 0 aliphatic carbocycles. The number of likely N-dealkylation sites (tertiary alicyclic amines) is 1. The lowest BCUT2D eigenvalue weighted by Crippen LogP contribution is -2.43. The minimum absolute atomic E-state index is 0.0858. The minimum Gasteiger partial charge on any atom is -0.353 e. The van der Waals surface area contributed by atoms with Crippen LogP contribution in [0.2, 0.25) is 5.02 Å². The molecule has 1 heterocycles. The summed E-state index contributed by atoms with van der Waals surface area (Å²) < 4.78 is 5.28. The molecule has 0 aromatic heterocycles. The number of halogens is 1. The third kappa shape index (κ3) is 3.43. The van der Waals surface area contributed by atoms with Crippen LogP contribution in [0.3, 0.4) is 0 Å². The van der Waals surface area contributed by atoms with Gasteiger partial charge in [0.05, 0.1) is 11.5 Å². The number of hydrogen-bond acceptors (Lipinski definition) is 3. The van der Waals surface area contributed by atoms with Gasteiger partial charge in [0.1, 0.15) is 8.15 Å². The zero-order chi connectivity index (χ0) is 16.2. The summed E-state index contributed by atoms with van der Waals surface area (Å²) in [6.07, 6.45) is 2.02. The summed E-state index contributed by atoms with van der Waals surface area (Å²) in [5.74, 6) is 0. The minimum atomic E-state index is -1.05. The smallest absolute Gasteiger partial charge is 0.271 e. The Morgan fingerprint density at radius 1 is 1.41 bits per heavy atom. The Balaban J connectivity index is 2.10. The van der Waals surface area contributed by atoms with Crippen LogP contribution in [0.1, 0.15) is 25.3 Å².